The molecular formula is C14H17N3O2. The van der Waals surface area contributed by atoms with Crippen molar-refractivity contribution >= 4 is 16.8 Å². The largest absolute Gasteiger partial charge is 0.394 e. The topological polar surface area (TPSA) is 78.0 Å². The highest BCUT2D eigenvalue weighted by molar-refractivity contribution is 6.05. The molecule has 100 valence electrons. The Kier molecular flexibility index (Phi) is 2.78. The summed E-state index contributed by atoms with van der Waals surface area (Å²) in [5.74, 6) is 0.209. The summed E-state index contributed by atoms with van der Waals surface area (Å²) in [5, 5.41) is 20.2. The molecule has 1 saturated carbocycles. The van der Waals surface area contributed by atoms with E-state index in [-0.39, 0.29) is 12.5 Å². The number of para-hydroxylation sites is 1. The maximum Gasteiger partial charge on any atom is 0.253 e. The van der Waals surface area contributed by atoms with Gasteiger partial charge < -0.3 is 10.4 Å². The van der Waals surface area contributed by atoms with Crippen LogP contribution in [0.25, 0.3) is 10.9 Å². The van der Waals surface area contributed by atoms with Gasteiger partial charge in [-0.25, -0.2) is 0 Å². The third-order valence-electron chi connectivity index (χ3n) is 3.93. The van der Waals surface area contributed by atoms with Crippen LogP contribution < -0.4 is 5.32 Å². The van der Waals surface area contributed by atoms with Crippen LogP contribution >= 0.6 is 0 Å². The van der Waals surface area contributed by atoms with Crippen LogP contribution in [0, 0.1) is 5.92 Å². The van der Waals surface area contributed by atoms with E-state index in [9.17, 15) is 9.90 Å². The number of aromatic amines is 1. The highest BCUT2D eigenvalue weighted by Crippen LogP contribution is 2.39. The molecule has 3 rings (SSSR count). The molecule has 5 heteroatoms. The standard InChI is InChI=1S/C14H17N3O2/c1-14(8-18,10-5-6-10)16-13(19)11-4-2-3-9-7-15-17-12(9)11/h2-4,7,10,18H,5-6,8H2,1H3,(H,15,17)(H,16,19). The lowest BCUT2D eigenvalue weighted by molar-refractivity contribution is 0.0826. The maximum atomic E-state index is 12.4. The van der Waals surface area contributed by atoms with Crippen LogP contribution in [-0.2, 0) is 0 Å². The maximum absolute atomic E-state index is 12.4. The van der Waals surface area contributed by atoms with Gasteiger partial charge in [-0.05, 0) is 31.7 Å². The Hall–Kier alpha value is -1.88. The summed E-state index contributed by atoms with van der Waals surface area (Å²) in [6.07, 6.45) is 3.81. The molecule has 0 spiro atoms. The molecule has 2 aromatic rings. The molecule has 1 aromatic carbocycles. The van der Waals surface area contributed by atoms with Crippen molar-refractivity contribution in [3.8, 4) is 0 Å². The number of benzene rings is 1. The summed E-state index contributed by atoms with van der Waals surface area (Å²) in [7, 11) is 0. The van der Waals surface area contributed by atoms with Gasteiger partial charge in [0.2, 0.25) is 0 Å². The van der Waals surface area contributed by atoms with Crippen LogP contribution in [0.4, 0.5) is 0 Å². The van der Waals surface area contributed by atoms with Gasteiger partial charge in [0.25, 0.3) is 5.91 Å². The molecule has 1 heterocycles. The number of amides is 1. The summed E-state index contributed by atoms with van der Waals surface area (Å²) in [4.78, 5) is 12.4. The number of aliphatic hydroxyl groups is 1. The molecule has 1 aliphatic carbocycles. The average molecular weight is 259 g/mol. The van der Waals surface area contributed by atoms with Crippen LogP contribution in [0.1, 0.15) is 30.1 Å². The Morgan fingerprint density at radius 2 is 2.37 bits per heavy atom. The number of hydrogen-bond acceptors (Lipinski definition) is 3. The number of nitrogens with one attached hydrogen (secondary N) is 2. The minimum Gasteiger partial charge on any atom is -0.394 e. The predicted molar refractivity (Wildman–Crippen MR) is 71.8 cm³/mol. The molecule has 19 heavy (non-hydrogen) atoms. The van der Waals surface area contributed by atoms with Gasteiger partial charge in [0.05, 0.1) is 29.4 Å². The fourth-order valence-electron chi connectivity index (χ4n) is 2.48. The Bertz CT molecular complexity index is 618. The smallest absolute Gasteiger partial charge is 0.253 e. The normalized spacial score (nSPS) is 18.2. The van der Waals surface area contributed by atoms with Gasteiger partial charge in [0.1, 0.15) is 0 Å². The van der Waals surface area contributed by atoms with E-state index in [1.807, 2.05) is 19.1 Å². The van der Waals surface area contributed by atoms with E-state index in [0.717, 1.165) is 23.7 Å². The quantitative estimate of drug-likeness (QED) is 0.777. The van der Waals surface area contributed by atoms with Crippen molar-refractivity contribution in [1.29, 1.82) is 0 Å². The van der Waals surface area contributed by atoms with Crippen molar-refractivity contribution in [2.24, 2.45) is 5.92 Å². The Morgan fingerprint density at radius 1 is 1.58 bits per heavy atom. The van der Waals surface area contributed by atoms with Crippen molar-refractivity contribution in [1.82, 2.24) is 15.5 Å². The first kappa shape index (κ1) is 12.2. The highest BCUT2D eigenvalue weighted by Gasteiger charge is 2.42. The van der Waals surface area contributed by atoms with Gasteiger partial charge in [-0.2, -0.15) is 5.10 Å². The second kappa shape index (κ2) is 4.35. The molecule has 0 radical (unpaired) electrons. The zero-order chi connectivity index (χ0) is 13.5. The first-order chi connectivity index (χ1) is 9.14. The van der Waals surface area contributed by atoms with Crippen molar-refractivity contribution < 1.29 is 9.90 Å². The summed E-state index contributed by atoms with van der Waals surface area (Å²) >= 11 is 0. The van der Waals surface area contributed by atoms with Crippen molar-refractivity contribution in [2.45, 2.75) is 25.3 Å². The van der Waals surface area contributed by atoms with Gasteiger partial charge in [0.15, 0.2) is 0 Å². The summed E-state index contributed by atoms with van der Waals surface area (Å²) in [6.45, 7) is 1.86. The average Bonchev–Trinajstić information content (AvgIpc) is 3.16. The lowest BCUT2D eigenvalue weighted by atomic mass is 9.96. The minimum absolute atomic E-state index is 0.0393. The highest BCUT2D eigenvalue weighted by atomic mass is 16.3. The van der Waals surface area contributed by atoms with Crippen LogP contribution in [-0.4, -0.2) is 33.4 Å². The summed E-state index contributed by atoms with van der Waals surface area (Å²) < 4.78 is 0. The van der Waals surface area contributed by atoms with E-state index in [1.165, 1.54) is 0 Å². The number of nitrogens with zero attached hydrogens (tertiary/aromatic N) is 1. The lowest BCUT2D eigenvalue weighted by Crippen LogP contribution is -2.50. The van der Waals surface area contributed by atoms with Gasteiger partial charge in [-0.3, -0.25) is 9.89 Å². The number of aromatic nitrogens is 2. The molecule has 1 atom stereocenters. The molecule has 3 N–H and O–H groups in total. The van der Waals surface area contributed by atoms with Crippen molar-refractivity contribution in [3.63, 3.8) is 0 Å². The van der Waals surface area contributed by atoms with Gasteiger partial charge in [-0.1, -0.05) is 12.1 Å². The van der Waals surface area contributed by atoms with Crippen LogP contribution in [0.15, 0.2) is 24.4 Å². The molecule has 1 unspecified atom stereocenters. The third kappa shape index (κ3) is 2.10. The van der Waals surface area contributed by atoms with E-state index in [4.69, 9.17) is 0 Å². The Morgan fingerprint density at radius 3 is 3.05 bits per heavy atom. The molecule has 1 amide bonds. The number of fused-ring (bicyclic) bond motifs is 1. The van der Waals surface area contributed by atoms with Gasteiger partial charge in [-0.15, -0.1) is 0 Å². The van der Waals surface area contributed by atoms with E-state index in [2.05, 4.69) is 15.5 Å². The number of aliphatic hydroxyl groups excluding tert-OH is 1. The SMILES string of the molecule is CC(CO)(NC(=O)c1cccc2cn[nH]c12)C1CC1. The molecule has 0 aliphatic heterocycles. The zero-order valence-electron chi connectivity index (χ0n) is 10.8. The van der Waals surface area contributed by atoms with E-state index in [1.54, 1.807) is 12.3 Å². The van der Waals surface area contributed by atoms with E-state index >= 15 is 0 Å². The third-order valence-corrected chi connectivity index (χ3v) is 3.93. The number of H-pyrrole nitrogens is 1. The fraction of sp³-hybridized carbons (Fsp3) is 0.429. The van der Waals surface area contributed by atoms with E-state index < -0.39 is 5.54 Å². The molecule has 0 bridgehead atoms. The second-order valence-electron chi connectivity index (χ2n) is 5.44. The monoisotopic (exact) mass is 259 g/mol. The molecular weight excluding hydrogens is 242 g/mol. The van der Waals surface area contributed by atoms with Crippen LogP contribution in [0.5, 0.6) is 0 Å². The predicted octanol–water partition coefficient (Wildman–Crippen LogP) is 1.45. The molecule has 0 saturated heterocycles. The summed E-state index contributed by atoms with van der Waals surface area (Å²) in [6, 6.07) is 5.50. The van der Waals surface area contributed by atoms with Gasteiger partial charge >= 0.3 is 0 Å². The van der Waals surface area contributed by atoms with Crippen LogP contribution in [0.3, 0.4) is 0 Å². The number of carbonyl (C=O) groups is 1. The van der Waals surface area contributed by atoms with Crippen molar-refractivity contribution in [2.75, 3.05) is 6.61 Å². The molecule has 1 fully saturated rings. The van der Waals surface area contributed by atoms with Gasteiger partial charge in [0, 0.05) is 5.39 Å². The molecule has 5 nitrogen and oxygen atoms in total. The molecule has 1 aromatic heterocycles. The lowest BCUT2D eigenvalue weighted by Gasteiger charge is -2.28. The van der Waals surface area contributed by atoms with E-state index in [0.29, 0.717) is 11.5 Å². The number of carbonyl (C=O) groups excluding carboxylic acids is 1. The number of hydrogen-bond donors (Lipinski definition) is 3. The number of rotatable bonds is 4. The first-order valence-electron chi connectivity index (χ1n) is 6.49. The fourth-order valence-corrected chi connectivity index (χ4v) is 2.48. The Labute approximate surface area is 111 Å². The minimum atomic E-state index is -0.529. The van der Waals surface area contributed by atoms with Crippen molar-refractivity contribution in [3.05, 3.63) is 30.0 Å². The van der Waals surface area contributed by atoms with Crippen LogP contribution in [0.2, 0.25) is 0 Å². The second-order valence-corrected chi connectivity index (χ2v) is 5.44. The Balaban J connectivity index is 1.89. The molecule has 1 aliphatic rings. The summed E-state index contributed by atoms with van der Waals surface area (Å²) in [5.41, 5.74) is 0.769. The first-order valence-corrected chi connectivity index (χ1v) is 6.49. The zero-order valence-corrected chi connectivity index (χ0v) is 10.8.